The fourth-order valence-corrected chi connectivity index (χ4v) is 2.73. The van der Waals surface area contributed by atoms with E-state index in [1.165, 1.54) is 0 Å². The van der Waals surface area contributed by atoms with Gasteiger partial charge in [-0.3, -0.25) is 4.18 Å². The largest absolute Gasteiger partial charge is 0.455 e. The maximum atomic E-state index is 11.8. The summed E-state index contributed by atoms with van der Waals surface area (Å²) in [6.07, 6.45) is -0.718. The van der Waals surface area contributed by atoms with Gasteiger partial charge in [-0.15, -0.1) is 0 Å². The average molecular weight is 270 g/mol. The molecule has 1 atom stereocenters. The van der Waals surface area contributed by atoms with E-state index in [9.17, 15) is 13.2 Å². The summed E-state index contributed by atoms with van der Waals surface area (Å²) < 4.78 is 31.7. The lowest BCUT2D eigenvalue weighted by Gasteiger charge is -2.09. The molecule has 0 aliphatic carbocycles. The van der Waals surface area contributed by atoms with Crippen molar-refractivity contribution in [2.75, 3.05) is 12.4 Å². The Morgan fingerprint density at radius 2 is 2.06 bits per heavy atom. The fraction of sp³-hybridized carbons (Fsp3) is 0.417. The van der Waals surface area contributed by atoms with Crippen LogP contribution >= 0.6 is 0 Å². The molecule has 1 aromatic carbocycles. The zero-order valence-electron chi connectivity index (χ0n) is 10.2. The molecule has 0 bridgehead atoms. The minimum atomic E-state index is -3.52. The molecule has 1 unspecified atom stereocenters. The predicted octanol–water partition coefficient (Wildman–Crippen LogP) is 1.19. The van der Waals surface area contributed by atoms with Gasteiger partial charge in [0.15, 0.2) is 0 Å². The van der Waals surface area contributed by atoms with Gasteiger partial charge in [-0.05, 0) is 37.1 Å². The summed E-state index contributed by atoms with van der Waals surface area (Å²) in [7, 11) is -3.52. The third-order valence-corrected chi connectivity index (χ3v) is 4.12. The van der Waals surface area contributed by atoms with E-state index in [-0.39, 0.29) is 12.4 Å². The van der Waals surface area contributed by atoms with Gasteiger partial charge >= 0.3 is 5.97 Å². The van der Waals surface area contributed by atoms with E-state index in [1.807, 2.05) is 19.9 Å². The van der Waals surface area contributed by atoms with E-state index >= 15 is 0 Å². The van der Waals surface area contributed by atoms with Crippen LogP contribution in [0.25, 0.3) is 0 Å². The molecule has 0 aromatic heterocycles. The van der Waals surface area contributed by atoms with E-state index < -0.39 is 22.2 Å². The number of carbonyl (C=O) groups excluding carboxylic acids is 1. The quantitative estimate of drug-likeness (QED) is 0.596. The number of esters is 1. The van der Waals surface area contributed by atoms with E-state index in [0.717, 1.165) is 11.1 Å². The van der Waals surface area contributed by atoms with Crippen LogP contribution in [0.1, 0.15) is 21.5 Å². The molecule has 0 amide bonds. The number of carbonyl (C=O) groups is 1. The van der Waals surface area contributed by atoms with Crippen LogP contribution in [0.2, 0.25) is 0 Å². The van der Waals surface area contributed by atoms with Crippen molar-refractivity contribution in [2.24, 2.45) is 0 Å². The van der Waals surface area contributed by atoms with Gasteiger partial charge in [-0.25, -0.2) is 4.79 Å². The van der Waals surface area contributed by atoms with Crippen LogP contribution in [0, 0.1) is 13.8 Å². The summed E-state index contributed by atoms with van der Waals surface area (Å²) >= 11 is 0. The summed E-state index contributed by atoms with van der Waals surface area (Å²) in [5.41, 5.74) is 2.49. The first-order chi connectivity index (χ1) is 8.37. The number of hydrogen-bond donors (Lipinski definition) is 0. The molecule has 5 nitrogen and oxygen atoms in total. The Morgan fingerprint density at radius 3 is 2.61 bits per heavy atom. The van der Waals surface area contributed by atoms with Crippen molar-refractivity contribution in [1.82, 2.24) is 0 Å². The van der Waals surface area contributed by atoms with Crippen LogP contribution in [0.15, 0.2) is 18.2 Å². The first-order valence-corrected chi connectivity index (χ1v) is 7.10. The number of aryl methyl sites for hydroxylation is 2. The van der Waals surface area contributed by atoms with Gasteiger partial charge in [0.05, 0.1) is 5.56 Å². The lowest BCUT2D eigenvalue weighted by atomic mass is 10.1. The summed E-state index contributed by atoms with van der Waals surface area (Å²) in [6.45, 7) is 3.75. The zero-order valence-corrected chi connectivity index (χ0v) is 11.0. The topological polar surface area (TPSA) is 69.7 Å². The minimum absolute atomic E-state index is 0.0983. The molecule has 0 spiro atoms. The molecule has 1 aromatic rings. The molecule has 1 aliphatic rings. The van der Waals surface area contributed by atoms with Gasteiger partial charge < -0.3 is 4.74 Å². The number of benzene rings is 1. The molecule has 6 heteroatoms. The Hall–Kier alpha value is -1.40. The summed E-state index contributed by atoms with van der Waals surface area (Å²) in [6, 6.07) is 5.21. The molecule has 1 aliphatic heterocycles. The smallest absolute Gasteiger partial charge is 0.338 e. The van der Waals surface area contributed by atoms with Crippen molar-refractivity contribution in [3.05, 3.63) is 34.9 Å². The van der Waals surface area contributed by atoms with Gasteiger partial charge in [0.1, 0.15) is 18.5 Å². The maximum absolute atomic E-state index is 11.8. The van der Waals surface area contributed by atoms with Crippen molar-refractivity contribution in [2.45, 2.75) is 20.0 Å². The van der Waals surface area contributed by atoms with Crippen LogP contribution in [-0.2, 0) is 19.0 Å². The summed E-state index contributed by atoms with van der Waals surface area (Å²) in [5, 5.41) is 0. The summed E-state index contributed by atoms with van der Waals surface area (Å²) in [4.78, 5) is 11.8. The normalized spacial score (nSPS) is 21.8. The molecular formula is C12H14O5S. The van der Waals surface area contributed by atoms with Crippen LogP contribution in [0.3, 0.4) is 0 Å². The van der Waals surface area contributed by atoms with Gasteiger partial charge in [0.2, 0.25) is 0 Å². The Bertz CT molecular complexity index is 576. The third-order valence-electron chi connectivity index (χ3n) is 2.84. The van der Waals surface area contributed by atoms with Crippen molar-refractivity contribution in [3.63, 3.8) is 0 Å². The Labute approximate surface area is 106 Å². The van der Waals surface area contributed by atoms with Gasteiger partial charge in [0.25, 0.3) is 10.1 Å². The number of hydrogen-bond acceptors (Lipinski definition) is 5. The van der Waals surface area contributed by atoms with E-state index in [1.54, 1.807) is 12.1 Å². The van der Waals surface area contributed by atoms with Crippen molar-refractivity contribution >= 4 is 16.1 Å². The van der Waals surface area contributed by atoms with E-state index in [2.05, 4.69) is 4.18 Å². The van der Waals surface area contributed by atoms with Crippen molar-refractivity contribution in [3.8, 4) is 0 Å². The van der Waals surface area contributed by atoms with Gasteiger partial charge in [-0.2, -0.15) is 8.42 Å². The third kappa shape index (κ3) is 2.88. The second-order valence-electron chi connectivity index (χ2n) is 4.34. The average Bonchev–Trinajstić information content (AvgIpc) is 2.62. The molecule has 0 saturated carbocycles. The highest BCUT2D eigenvalue weighted by molar-refractivity contribution is 7.87. The van der Waals surface area contributed by atoms with Crippen molar-refractivity contribution in [1.29, 1.82) is 0 Å². The van der Waals surface area contributed by atoms with Crippen LogP contribution in [0.4, 0.5) is 0 Å². The second-order valence-corrected chi connectivity index (χ2v) is 6.02. The second kappa shape index (κ2) is 4.70. The van der Waals surface area contributed by atoms with Crippen LogP contribution in [-0.4, -0.2) is 32.9 Å². The zero-order chi connectivity index (χ0) is 13.3. The number of ether oxygens (including phenoxy) is 1. The highest BCUT2D eigenvalue weighted by atomic mass is 32.2. The van der Waals surface area contributed by atoms with Crippen molar-refractivity contribution < 1.29 is 22.1 Å². The van der Waals surface area contributed by atoms with Crippen LogP contribution < -0.4 is 0 Å². The molecule has 18 heavy (non-hydrogen) atoms. The van der Waals surface area contributed by atoms with E-state index in [0.29, 0.717) is 5.56 Å². The predicted molar refractivity (Wildman–Crippen MR) is 64.9 cm³/mol. The van der Waals surface area contributed by atoms with E-state index in [4.69, 9.17) is 4.74 Å². The molecule has 0 N–H and O–H groups in total. The Morgan fingerprint density at radius 1 is 1.33 bits per heavy atom. The minimum Gasteiger partial charge on any atom is -0.455 e. The monoisotopic (exact) mass is 270 g/mol. The van der Waals surface area contributed by atoms with Gasteiger partial charge in [0, 0.05) is 0 Å². The lowest BCUT2D eigenvalue weighted by Crippen LogP contribution is -2.21. The molecule has 1 fully saturated rings. The molecule has 1 saturated heterocycles. The first kappa shape index (κ1) is 13.0. The molecular weight excluding hydrogens is 256 g/mol. The van der Waals surface area contributed by atoms with Crippen LogP contribution in [0.5, 0.6) is 0 Å². The molecule has 0 radical (unpaired) electrons. The maximum Gasteiger partial charge on any atom is 0.338 e. The fourth-order valence-electron chi connectivity index (χ4n) is 1.66. The molecule has 98 valence electrons. The molecule has 1 heterocycles. The lowest BCUT2D eigenvalue weighted by molar-refractivity contribution is 0.0302. The highest BCUT2D eigenvalue weighted by Crippen LogP contribution is 2.15. The summed E-state index contributed by atoms with van der Waals surface area (Å²) in [5.74, 6) is -0.798. The Balaban J connectivity index is 2.06. The Kier molecular flexibility index (Phi) is 3.41. The number of rotatable bonds is 2. The van der Waals surface area contributed by atoms with Gasteiger partial charge in [-0.1, -0.05) is 6.07 Å². The standard InChI is InChI=1S/C12H14O5S/c1-8-3-4-10(5-9(8)2)12(13)17-11-6-16-18(14,15)7-11/h3-5,11H,6-7H2,1-2H3. The molecule has 2 rings (SSSR count). The SMILES string of the molecule is Cc1ccc(C(=O)OC2COS(=O)(=O)C2)cc1C. The first-order valence-electron chi connectivity index (χ1n) is 5.53. The highest BCUT2D eigenvalue weighted by Gasteiger charge is 2.32.